The highest BCUT2D eigenvalue weighted by atomic mass is 32.2. The Labute approximate surface area is 105 Å². The van der Waals surface area contributed by atoms with Crippen LogP contribution in [0.1, 0.15) is 12.0 Å². The molecule has 3 atom stereocenters. The second-order valence-corrected chi connectivity index (χ2v) is 6.97. The number of nitrogens with zero attached hydrogens (tertiary/aromatic N) is 1. The average molecular weight is 249 g/mol. The Morgan fingerprint density at radius 3 is 2.41 bits per heavy atom. The zero-order valence-corrected chi connectivity index (χ0v) is 10.9. The molecule has 0 spiro atoms. The van der Waals surface area contributed by atoms with Crippen LogP contribution < -0.4 is 0 Å². The molecular formula is C14H19NOS. The summed E-state index contributed by atoms with van der Waals surface area (Å²) in [5.41, 5.74) is 1.40. The molecule has 0 saturated carbocycles. The van der Waals surface area contributed by atoms with E-state index in [1.807, 2.05) is 0 Å². The third-order valence-corrected chi connectivity index (χ3v) is 5.48. The molecule has 1 aromatic rings. The van der Waals surface area contributed by atoms with Crippen molar-refractivity contribution in [2.24, 2.45) is 11.8 Å². The van der Waals surface area contributed by atoms with Crippen LogP contribution >= 0.6 is 0 Å². The molecule has 2 heterocycles. The first-order valence-electron chi connectivity index (χ1n) is 6.41. The van der Waals surface area contributed by atoms with Gasteiger partial charge in [0.2, 0.25) is 0 Å². The Morgan fingerprint density at radius 1 is 1.12 bits per heavy atom. The van der Waals surface area contributed by atoms with E-state index in [4.69, 9.17) is 0 Å². The smallest absolute Gasteiger partial charge is 0.0275 e. The molecule has 2 nitrogen and oxygen atoms in total. The van der Waals surface area contributed by atoms with Gasteiger partial charge in [0.15, 0.2) is 0 Å². The van der Waals surface area contributed by atoms with Crippen molar-refractivity contribution in [2.75, 3.05) is 24.6 Å². The fourth-order valence-corrected chi connectivity index (χ4v) is 4.90. The van der Waals surface area contributed by atoms with E-state index in [2.05, 4.69) is 35.2 Å². The van der Waals surface area contributed by atoms with Gasteiger partial charge in [0.1, 0.15) is 0 Å². The highest BCUT2D eigenvalue weighted by Crippen LogP contribution is 2.29. The lowest BCUT2D eigenvalue weighted by Gasteiger charge is -2.40. The van der Waals surface area contributed by atoms with E-state index in [-0.39, 0.29) is 0 Å². The first-order valence-corrected chi connectivity index (χ1v) is 7.89. The maximum absolute atomic E-state index is 11.6. The molecule has 92 valence electrons. The molecule has 0 amide bonds. The summed E-state index contributed by atoms with van der Waals surface area (Å²) in [4.78, 5) is 2.55. The molecule has 3 heteroatoms. The minimum absolute atomic E-state index is 0.537. The van der Waals surface area contributed by atoms with E-state index < -0.39 is 10.8 Å². The van der Waals surface area contributed by atoms with Gasteiger partial charge in [-0.15, -0.1) is 0 Å². The molecule has 0 N–H and O–H groups in total. The van der Waals surface area contributed by atoms with Crippen LogP contribution in [0.15, 0.2) is 30.3 Å². The molecule has 0 aliphatic carbocycles. The van der Waals surface area contributed by atoms with Crippen molar-refractivity contribution in [1.82, 2.24) is 4.90 Å². The summed E-state index contributed by atoms with van der Waals surface area (Å²) in [5.74, 6) is 3.21. The first kappa shape index (κ1) is 11.4. The van der Waals surface area contributed by atoms with Crippen LogP contribution in [0.2, 0.25) is 0 Å². The van der Waals surface area contributed by atoms with Gasteiger partial charge in [-0.1, -0.05) is 30.3 Å². The molecule has 2 saturated heterocycles. The zero-order chi connectivity index (χ0) is 11.7. The lowest BCUT2D eigenvalue weighted by Crippen LogP contribution is -2.46. The lowest BCUT2D eigenvalue weighted by molar-refractivity contribution is 0.132. The maximum Gasteiger partial charge on any atom is 0.0275 e. The molecule has 2 bridgehead atoms. The number of hydrogen-bond acceptors (Lipinski definition) is 2. The van der Waals surface area contributed by atoms with Gasteiger partial charge in [-0.3, -0.25) is 9.11 Å². The third-order valence-electron chi connectivity index (χ3n) is 3.79. The van der Waals surface area contributed by atoms with Gasteiger partial charge in [0.05, 0.1) is 0 Å². The Morgan fingerprint density at radius 2 is 1.76 bits per heavy atom. The van der Waals surface area contributed by atoms with Crippen molar-refractivity contribution in [2.45, 2.75) is 13.0 Å². The van der Waals surface area contributed by atoms with Crippen LogP contribution in [0, 0.1) is 11.8 Å². The zero-order valence-electron chi connectivity index (χ0n) is 10.0. The number of piperidine rings is 1. The number of fused-ring (bicyclic) bond motifs is 2. The Bertz CT molecular complexity index is 390. The van der Waals surface area contributed by atoms with E-state index >= 15 is 0 Å². The Kier molecular flexibility index (Phi) is 3.30. The topological polar surface area (TPSA) is 20.3 Å². The summed E-state index contributed by atoms with van der Waals surface area (Å²) in [6, 6.07) is 10.7. The van der Waals surface area contributed by atoms with Gasteiger partial charge < -0.3 is 0 Å². The van der Waals surface area contributed by atoms with E-state index in [1.54, 1.807) is 0 Å². The van der Waals surface area contributed by atoms with E-state index in [1.165, 1.54) is 12.0 Å². The largest absolute Gasteiger partial charge is 0.298 e. The number of likely N-dealkylation sites (tertiary alicyclic amines) is 1. The van der Waals surface area contributed by atoms with E-state index in [0.717, 1.165) is 31.1 Å². The van der Waals surface area contributed by atoms with E-state index in [9.17, 15) is 4.21 Å². The normalized spacial score (nSPS) is 33.5. The monoisotopic (exact) mass is 249 g/mol. The Hall–Kier alpha value is -0.670. The summed E-state index contributed by atoms with van der Waals surface area (Å²) in [5, 5.41) is 0. The predicted octanol–water partition coefficient (Wildman–Crippen LogP) is 1.89. The predicted molar refractivity (Wildman–Crippen MR) is 71.2 cm³/mol. The third kappa shape index (κ3) is 2.78. The fraction of sp³-hybridized carbons (Fsp3) is 0.571. The number of rotatable bonds is 2. The fourth-order valence-electron chi connectivity index (χ4n) is 3.23. The average Bonchev–Trinajstić information content (AvgIpc) is 2.28. The Balaban J connectivity index is 1.65. The maximum atomic E-state index is 11.6. The summed E-state index contributed by atoms with van der Waals surface area (Å²) in [6.07, 6.45) is 1.30. The molecule has 0 radical (unpaired) electrons. The van der Waals surface area contributed by atoms with Gasteiger partial charge in [-0.05, 0) is 23.8 Å². The van der Waals surface area contributed by atoms with E-state index in [0.29, 0.717) is 11.8 Å². The summed E-state index contributed by atoms with van der Waals surface area (Å²) in [7, 11) is -0.537. The van der Waals surface area contributed by atoms with Gasteiger partial charge in [-0.25, -0.2) is 0 Å². The van der Waals surface area contributed by atoms with Crippen LogP contribution in [-0.2, 0) is 17.3 Å². The summed E-state index contributed by atoms with van der Waals surface area (Å²) in [6.45, 7) is 3.33. The van der Waals surface area contributed by atoms with Crippen LogP contribution in [0.4, 0.5) is 0 Å². The van der Waals surface area contributed by atoms with Crippen molar-refractivity contribution in [3.8, 4) is 0 Å². The van der Waals surface area contributed by atoms with Gasteiger partial charge in [-0.2, -0.15) is 0 Å². The number of hydrogen-bond donors (Lipinski definition) is 0. The van der Waals surface area contributed by atoms with Crippen molar-refractivity contribution >= 4 is 10.8 Å². The highest BCUT2D eigenvalue weighted by Gasteiger charge is 2.33. The van der Waals surface area contributed by atoms with Gasteiger partial charge in [0, 0.05) is 41.9 Å². The van der Waals surface area contributed by atoms with Crippen molar-refractivity contribution in [1.29, 1.82) is 0 Å². The molecule has 2 aliphatic heterocycles. The quantitative estimate of drug-likeness (QED) is 0.798. The van der Waals surface area contributed by atoms with Crippen LogP contribution in [-0.4, -0.2) is 33.7 Å². The second kappa shape index (κ2) is 4.91. The molecule has 0 aromatic heterocycles. The van der Waals surface area contributed by atoms with Crippen LogP contribution in [0.3, 0.4) is 0 Å². The molecule has 17 heavy (non-hydrogen) atoms. The van der Waals surface area contributed by atoms with Crippen LogP contribution in [0.25, 0.3) is 0 Å². The minimum Gasteiger partial charge on any atom is -0.298 e. The lowest BCUT2D eigenvalue weighted by atomic mass is 9.91. The SMILES string of the molecule is O=S1C[C@@H]2C[C@@H](CN(Cc3ccccc3)C2)C1. The minimum atomic E-state index is -0.537. The molecule has 1 unspecified atom stereocenters. The van der Waals surface area contributed by atoms with Crippen molar-refractivity contribution in [3.05, 3.63) is 35.9 Å². The number of benzene rings is 1. The highest BCUT2D eigenvalue weighted by molar-refractivity contribution is 7.85. The second-order valence-electron chi connectivity index (χ2n) is 5.42. The van der Waals surface area contributed by atoms with Crippen LogP contribution in [0.5, 0.6) is 0 Å². The molecule has 2 fully saturated rings. The first-order chi connectivity index (χ1) is 8.29. The summed E-state index contributed by atoms with van der Waals surface area (Å²) >= 11 is 0. The molecule has 3 rings (SSSR count). The summed E-state index contributed by atoms with van der Waals surface area (Å²) < 4.78 is 11.6. The van der Waals surface area contributed by atoms with Crippen molar-refractivity contribution < 1.29 is 4.21 Å². The molecule has 2 aliphatic rings. The standard InChI is InChI=1S/C14H19NOS/c16-17-10-13-6-14(11-17)9-15(8-13)7-12-4-2-1-3-5-12/h1-5,13-14H,6-11H2/t13-,14+,17?. The van der Waals surface area contributed by atoms with Crippen molar-refractivity contribution in [3.63, 3.8) is 0 Å². The van der Waals surface area contributed by atoms with Gasteiger partial charge in [0.25, 0.3) is 0 Å². The molecular weight excluding hydrogens is 230 g/mol. The van der Waals surface area contributed by atoms with Gasteiger partial charge >= 0.3 is 0 Å². The molecule has 1 aromatic carbocycles.